The standard InChI is InChI=1S/C11H10FNO2/c12-10-5-2-1-4-9(10)8-15-11(14)6-3-7-13/h1-2,4-5H,3,6,8H2. The largest absolute Gasteiger partial charge is 0.461 e. The fraction of sp³-hybridized carbons (Fsp3) is 0.273. The third kappa shape index (κ3) is 3.77. The fourth-order valence-corrected chi connectivity index (χ4v) is 1.00. The second-order valence-corrected chi connectivity index (χ2v) is 2.91. The molecule has 0 saturated carbocycles. The van der Waals surface area contributed by atoms with Gasteiger partial charge in [0.25, 0.3) is 0 Å². The van der Waals surface area contributed by atoms with Crippen LogP contribution >= 0.6 is 0 Å². The summed E-state index contributed by atoms with van der Waals surface area (Å²) in [5.74, 6) is -0.884. The number of halogens is 1. The summed E-state index contributed by atoms with van der Waals surface area (Å²) >= 11 is 0. The molecule has 0 unspecified atom stereocenters. The summed E-state index contributed by atoms with van der Waals surface area (Å²) in [6, 6.07) is 7.92. The Labute approximate surface area is 87.1 Å². The SMILES string of the molecule is N#CCCC(=O)OCc1ccccc1F. The van der Waals surface area contributed by atoms with Crippen molar-refractivity contribution in [3.05, 3.63) is 35.6 Å². The zero-order chi connectivity index (χ0) is 11.1. The quantitative estimate of drug-likeness (QED) is 0.711. The van der Waals surface area contributed by atoms with Crippen molar-refractivity contribution in [3.8, 4) is 6.07 Å². The Morgan fingerprint density at radius 3 is 2.87 bits per heavy atom. The van der Waals surface area contributed by atoms with Gasteiger partial charge >= 0.3 is 5.97 Å². The van der Waals surface area contributed by atoms with Crippen LogP contribution in [-0.4, -0.2) is 5.97 Å². The van der Waals surface area contributed by atoms with Crippen LogP contribution in [0.5, 0.6) is 0 Å². The molecular weight excluding hydrogens is 197 g/mol. The summed E-state index contributed by atoms with van der Waals surface area (Å²) in [4.78, 5) is 11.0. The number of rotatable bonds is 4. The molecule has 78 valence electrons. The van der Waals surface area contributed by atoms with Gasteiger partial charge in [-0.15, -0.1) is 0 Å². The smallest absolute Gasteiger partial charge is 0.307 e. The molecule has 0 heterocycles. The van der Waals surface area contributed by atoms with Crippen LogP contribution in [0.3, 0.4) is 0 Å². The number of nitrogens with zero attached hydrogens (tertiary/aromatic N) is 1. The van der Waals surface area contributed by atoms with Crippen molar-refractivity contribution in [2.75, 3.05) is 0 Å². The first-order valence-electron chi connectivity index (χ1n) is 4.50. The lowest BCUT2D eigenvalue weighted by Gasteiger charge is -2.04. The molecule has 0 N–H and O–H groups in total. The maximum Gasteiger partial charge on any atom is 0.307 e. The van der Waals surface area contributed by atoms with Crippen molar-refractivity contribution < 1.29 is 13.9 Å². The summed E-state index contributed by atoms with van der Waals surface area (Å²) < 4.78 is 17.8. The molecule has 0 spiro atoms. The summed E-state index contributed by atoms with van der Waals surface area (Å²) in [6.45, 7) is -0.0864. The number of carbonyl (C=O) groups excluding carboxylic acids is 1. The molecule has 0 bridgehead atoms. The minimum atomic E-state index is -0.486. The van der Waals surface area contributed by atoms with Gasteiger partial charge in [0.05, 0.1) is 12.5 Å². The first kappa shape index (κ1) is 11.2. The predicted octanol–water partition coefficient (Wildman–Crippen LogP) is 2.17. The first-order valence-corrected chi connectivity index (χ1v) is 4.50. The minimum Gasteiger partial charge on any atom is -0.461 e. The van der Waals surface area contributed by atoms with Gasteiger partial charge in [0.1, 0.15) is 12.4 Å². The molecule has 0 fully saturated rings. The Bertz CT molecular complexity index is 384. The van der Waals surface area contributed by atoms with Crippen LogP contribution in [0.15, 0.2) is 24.3 Å². The highest BCUT2D eigenvalue weighted by Crippen LogP contribution is 2.08. The van der Waals surface area contributed by atoms with Crippen molar-refractivity contribution in [3.63, 3.8) is 0 Å². The maximum atomic E-state index is 13.0. The van der Waals surface area contributed by atoms with Gasteiger partial charge < -0.3 is 4.74 Å². The molecular formula is C11H10FNO2. The Kier molecular flexibility index (Phi) is 4.30. The number of hydrogen-bond acceptors (Lipinski definition) is 3. The molecule has 15 heavy (non-hydrogen) atoms. The van der Waals surface area contributed by atoms with Gasteiger partial charge in [-0.05, 0) is 6.07 Å². The van der Waals surface area contributed by atoms with Crippen LogP contribution in [0.2, 0.25) is 0 Å². The van der Waals surface area contributed by atoms with Gasteiger partial charge in [-0.1, -0.05) is 18.2 Å². The average molecular weight is 207 g/mol. The molecule has 0 atom stereocenters. The van der Waals surface area contributed by atoms with Crippen LogP contribution in [0.1, 0.15) is 18.4 Å². The molecule has 3 nitrogen and oxygen atoms in total. The number of benzene rings is 1. The van der Waals surface area contributed by atoms with Crippen molar-refractivity contribution in [1.29, 1.82) is 5.26 Å². The van der Waals surface area contributed by atoms with E-state index >= 15 is 0 Å². The normalized spacial score (nSPS) is 9.33. The number of carbonyl (C=O) groups is 1. The minimum absolute atomic E-state index is 0.0466. The van der Waals surface area contributed by atoms with Crippen molar-refractivity contribution >= 4 is 5.97 Å². The molecule has 0 aromatic heterocycles. The highest BCUT2D eigenvalue weighted by Gasteiger charge is 2.05. The topological polar surface area (TPSA) is 50.1 Å². The molecule has 0 aliphatic rings. The molecule has 4 heteroatoms. The lowest BCUT2D eigenvalue weighted by Crippen LogP contribution is -2.04. The highest BCUT2D eigenvalue weighted by molar-refractivity contribution is 5.69. The van der Waals surface area contributed by atoms with E-state index in [-0.39, 0.29) is 19.4 Å². The van der Waals surface area contributed by atoms with Crippen LogP contribution in [0.4, 0.5) is 4.39 Å². The van der Waals surface area contributed by atoms with Gasteiger partial charge in [-0.25, -0.2) is 4.39 Å². The highest BCUT2D eigenvalue weighted by atomic mass is 19.1. The maximum absolute atomic E-state index is 13.0. The lowest BCUT2D eigenvalue weighted by atomic mass is 10.2. The molecule has 0 radical (unpaired) electrons. The van der Waals surface area contributed by atoms with Crippen LogP contribution in [-0.2, 0) is 16.1 Å². The van der Waals surface area contributed by atoms with E-state index in [1.807, 2.05) is 6.07 Å². The Balaban J connectivity index is 2.41. The second kappa shape index (κ2) is 5.76. The Morgan fingerprint density at radius 1 is 1.47 bits per heavy atom. The fourth-order valence-electron chi connectivity index (χ4n) is 1.00. The van der Waals surface area contributed by atoms with Gasteiger partial charge in [-0.3, -0.25) is 4.79 Å². The Morgan fingerprint density at radius 2 is 2.20 bits per heavy atom. The zero-order valence-corrected chi connectivity index (χ0v) is 8.07. The van der Waals surface area contributed by atoms with Crippen LogP contribution in [0, 0.1) is 17.1 Å². The molecule has 0 amide bonds. The van der Waals surface area contributed by atoms with Crippen molar-refractivity contribution in [2.24, 2.45) is 0 Å². The molecule has 1 rings (SSSR count). The average Bonchev–Trinajstić information content (AvgIpc) is 2.25. The van der Waals surface area contributed by atoms with E-state index in [2.05, 4.69) is 0 Å². The number of ether oxygens (including phenoxy) is 1. The summed E-state index contributed by atoms with van der Waals surface area (Å²) in [5, 5.41) is 8.23. The van der Waals surface area contributed by atoms with E-state index in [1.54, 1.807) is 18.2 Å². The third-order valence-corrected chi connectivity index (χ3v) is 1.79. The van der Waals surface area contributed by atoms with E-state index < -0.39 is 11.8 Å². The van der Waals surface area contributed by atoms with Crippen LogP contribution in [0.25, 0.3) is 0 Å². The van der Waals surface area contributed by atoms with E-state index in [9.17, 15) is 9.18 Å². The van der Waals surface area contributed by atoms with Gasteiger partial charge in [0.2, 0.25) is 0 Å². The first-order chi connectivity index (χ1) is 7.24. The molecule has 1 aromatic carbocycles. The Hall–Kier alpha value is -1.89. The summed E-state index contributed by atoms with van der Waals surface area (Å²) in [6.07, 6.45) is 0.168. The predicted molar refractivity (Wildman–Crippen MR) is 51.0 cm³/mol. The lowest BCUT2D eigenvalue weighted by molar-refractivity contribution is -0.144. The van der Waals surface area contributed by atoms with Crippen molar-refractivity contribution in [2.45, 2.75) is 19.4 Å². The monoisotopic (exact) mass is 207 g/mol. The summed E-state index contributed by atoms with van der Waals surface area (Å²) in [5.41, 5.74) is 0.336. The number of esters is 1. The molecule has 0 aliphatic carbocycles. The van der Waals surface area contributed by atoms with E-state index in [0.29, 0.717) is 5.56 Å². The zero-order valence-electron chi connectivity index (χ0n) is 8.07. The van der Waals surface area contributed by atoms with Crippen LogP contribution < -0.4 is 0 Å². The molecule has 0 aliphatic heterocycles. The van der Waals surface area contributed by atoms with Gasteiger partial charge in [0, 0.05) is 12.0 Å². The van der Waals surface area contributed by atoms with Gasteiger partial charge in [-0.2, -0.15) is 5.26 Å². The molecule has 1 aromatic rings. The number of nitriles is 1. The van der Waals surface area contributed by atoms with E-state index in [1.165, 1.54) is 6.07 Å². The summed E-state index contributed by atoms with van der Waals surface area (Å²) in [7, 11) is 0. The second-order valence-electron chi connectivity index (χ2n) is 2.91. The van der Waals surface area contributed by atoms with E-state index in [4.69, 9.17) is 10.00 Å². The number of hydrogen-bond donors (Lipinski definition) is 0. The molecule has 0 saturated heterocycles. The van der Waals surface area contributed by atoms with Gasteiger partial charge in [0.15, 0.2) is 0 Å². The third-order valence-electron chi connectivity index (χ3n) is 1.79. The van der Waals surface area contributed by atoms with E-state index in [0.717, 1.165) is 0 Å². The van der Waals surface area contributed by atoms with Crippen molar-refractivity contribution in [1.82, 2.24) is 0 Å².